The van der Waals surface area contributed by atoms with Crippen molar-refractivity contribution in [3.63, 3.8) is 0 Å². The highest BCUT2D eigenvalue weighted by molar-refractivity contribution is 6.34. The molecule has 126 valence electrons. The summed E-state index contributed by atoms with van der Waals surface area (Å²) in [5.41, 5.74) is 9.93. The molecule has 0 spiro atoms. The van der Waals surface area contributed by atoms with Crippen LogP contribution in [0.5, 0.6) is 0 Å². The van der Waals surface area contributed by atoms with Gasteiger partial charge in [-0.15, -0.1) is 0 Å². The number of aromatic nitrogens is 4. The fourth-order valence-corrected chi connectivity index (χ4v) is 3.19. The van der Waals surface area contributed by atoms with E-state index in [-0.39, 0.29) is 17.7 Å². The van der Waals surface area contributed by atoms with Crippen LogP contribution in [-0.4, -0.2) is 31.2 Å². The van der Waals surface area contributed by atoms with Crippen molar-refractivity contribution in [3.05, 3.63) is 45.0 Å². The van der Waals surface area contributed by atoms with Gasteiger partial charge in [0.05, 0.1) is 17.6 Å². The molecule has 3 N–H and O–H groups in total. The van der Waals surface area contributed by atoms with Gasteiger partial charge in [-0.25, -0.2) is 4.98 Å². The van der Waals surface area contributed by atoms with E-state index < -0.39 is 0 Å². The Hall–Kier alpha value is -1.89. The molecule has 0 bridgehead atoms. The second-order valence-corrected chi connectivity index (χ2v) is 6.39. The summed E-state index contributed by atoms with van der Waals surface area (Å²) in [6.07, 6.45) is 4.11. The molecule has 0 fully saturated rings. The molecule has 0 saturated carbocycles. The van der Waals surface area contributed by atoms with Crippen molar-refractivity contribution < 1.29 is 5.11 Å². The van der Waals surface area contributed by atoms with Gasteiger partial charge in [-0.2, -0.15) is 4.98 Å². The minimum atomic E-state index is 0.00740. The first-order chi connectivity index (χ1) is 11.4. The summed E-state index contributed by atoms with van der Waals surface area (Å²) in [4.78, 5) is 12.8. The number of hydrogen-bond donors (Lipinski definition) is 2. The van der Waals surface area contributed by atoms with Crippen molar-refractivity contribution in [1.29, 1.82) is 0 Å². The van der Waals surface area contributed by atoms with Gasteiger partial charge in [0.25, 0.3) is 0 Å². The Labute approximate surface area is 149 Å². The first-order valence-electron chi connectivity index (χ1n) is 7.44. The molecule has 0 radical (unpaired) electrons. The number of nitrogen functional groups attached to an aromatic ring is 1. The highest BCUT2D eigenvalue weighted by Crippen LogP contribution is 2.29. The topological polar surface area (TPSA) is 89.8 Å². The van der Waals surface area contributed by atoms with E-state index in [4.69, 9.17) is 28.9 Å². The van der Waals surface area contributed by atoms with Gasteiger partial charge in [0.2, 0.25) is 5.95 Å². The van der Waals surface area contributed by atoms with Gasteiger partial charge >= 0.3 is 0 Å². The van der Waals surface area contributed by atoms with Crippen LogP contribution >= 0.6 is 23.2 Å². The van der Waals surface area contributed by atoms with Crippen molar-refractivity contribution in [2.75, 3.05) is 12.3 Å². The van der Waals surface area contributed by atoms with Crippen LogP contribution in [0.25, 0.3) is 11.0 Å². The Morgan fingerprint density at radius 2 is 2.00 bits per heavy atom. The molecule has 0 amide bonds. The highest BCUT2D eigenvalue weighted by atomic mass is 35.5. The zero-order valence-corrected chi connectivity index (χ0v) is 14.9. The van der Waals surface area contributed by atoms with E-state index in [1.807, 2.05) is 24.6 Å². The number of aliphatic hydroxyl groups is 1. The Balaban J connectivity index is 2.15. The lowest BCUT2D eigenvalue weighted by molar-refractivity contribution is 0.300. The minimum absolute atomic E-state index is 0.00740. The summed E-state index contributed by atoms with van der Waals surface area (Å²) >= 11 is 12.6. The molecule has 0 aliphatic heterocycles. The molecule has 0 aromatic carbocycles. The second-order valence-electron chi connectivity index (χ2n) is 5.65. The third-order valence-corrected chi connectivity index (χ3v) is 4.85. The Morgan fingerprint density at radius 3 is 2.71 bits per heavy atom. The van der Waals surface area contributed by atoms with E-state index in [9.17, 15) is 5.11 Å². The maximum absolute atomic E-state index is 9.29. The number of rotatable bonds is 4. The van der Waals surface area contributed by atoms with Crippen molar-refractivity contribution in [2.24, 2.45) is 0 Å². The summed E-state index contributed by atoms with van der Waals surface area (Å²) < 4.78 is 1.91. The highest BCUT2D eigenvalue weighted by Gasteiger charge is 2.17. The largest absolute Gasteiger partial charge is 0.396 e. The SMILES string of the molecule is Cc1cnc(Cn2cc(CCO)c3c(Cl)nc(N)nc32)c(C)c1Cl. The number of anilines is 1. The van der Waals surface area contributed by atoms with Gasteiger partial charge < -0.3 is 15.4 Å². The average Bonchev–Trinajstić information content (AvgIpc) is 2.86. The molecule has 3 rings (SSSR count). The van der Waals surface area contributed by atoms with Crippen LogP contribution in [-0.2, 0) is 13.0 Å². The van der Waals surface area contributed by atoms with Crippen LogP contribution in [0.3, 0.4) is 0 Å². The standard InChI is InChI=1S/C16H17Cl2N5O/c1-8-5-20-11(9(2)13(8)17)7-23-6-10(3-4-24)12-14(18)21-16(19)22-15(12)23/h5-6,24H,3-4,7H2,1-2H3,(H2,19,21,22). The molecule has 0 aliphatic carbocycles. The lowest BCUT2D eigenvalue weighted by Crippen LogP contribution is -2.06. The molecule has 0 aliphatic rings. The van der Waals surface area contributed by atoms with Crippen LogP contribution in [0.2, 0.25) is 10.2 Å². The molecule has 0 saturated heterocycles. The van der Waals surface area contributed by atoms with Gasteiger partial charge in [-0.05, 0) is 37.0 Å². The number of aryl methyl sites for hydroxylation is 1. The second kappa shape index (κ2) is 6.55. The van der Waals surface area contributed by atoms with Gasteiger partial charge in [-0.3, -0.25) is 4.98 Å². The maximum Gasteiger partial charge on any atom is 0.223 e. The fraction of sp³-hybridized carbons (Fsp3) is 0.312. The number of nitrogens with zero attached hydrogens (tertiary/aromatic N) is 4. The van der Waals surface area contributed by atoms with Gasteiger partial charge in [0.1, 0.15) is 10.8 Å². The molecule has 3 heterocycles. The predicted octanol–water partition coefficient (Wildman–Crippen LogP) is 2.92. The van der Waals surface area contributed by atoms with E-state index >= 15 is 0 Å². The quantitative estimate of drug-likeness (QED) is 0.693. The molecule has 6 nitrogen and oxygen atoms in total. The molecule has 3 aromatic heterocycles. The third kappa shape index (κ3) is 2.92. The number of nitrogens with two attached hydrogens (primary N) is 1. The molecular formula is C16H17Cl2N5O. The summed E-state index contributed by atoms with van der Waals surface area (Å²) in [5, 5.41) is 11.0. The molecule has 3 aromatic rings. The first-order valence-corrected chi connectivity index (χ1v) is 8.20. The summed E-state index contributed by atoms with van der Waals surface area (Å²) in [5.74, 6) is 0.106. The first kappa shape index (κ1) is 17.0. The number of hydrogen-bond acceptors (Lipinski definition) is 5. The number of halogens is 2. The maximum atomic E-state index is 9.29. The van der Waals surface area contributed by atoms with Crippen molar-refractivity contribution in [3.8, 4) is 0 Å². The molecule has 0 atom stereocenters. The van der Waals surface area contributed by atoms with Gasteiger partial charge in [0.15, 0.2) is 0 Å². The monoisotopic (exact) mass is 365 g/mol. The van der Waals surface area contributed by atoms with Crippen LogP contribution in [0.4, 0.5) is 5.95 Å². The zero-order chi connectivity index (χ0) is 17.4. The van der Waals surface area contributed by atoms with Crippen molar-refractivity contribution in [1.82, 2.24) is 19.5 Å². The van der Waals surface area contributed by atoms with E-state index in [0.717, 1.165) is 22.4 Å². The Bertz CT molecular complexity index is 923. The van der Waals surface area contributed by atoms with Gasteiger partial charge in [-0.1, -0.05) is 23.2 Å². The third-order valence-electron chi connectivity index (χ3n) is 3.99. The zero-order valence-electron chi connectivity index (χ0n) is 13.3. The van der Waals surface area contributed by atoms with E-state index in [1.165, 1.54) is 0 Å². The van der Waals surface area contributed by atoms with Crippen LogP contribution < -0.4 is 5.73 Å². The number of fused-ring (bicyclic) bond motifs is 1. The summed E-state index contributed by atoms with van der Waals surface area (Å²) in [7, 11) is 0. The van der Waals surface area contributed by atoms with Crippen LogP contribution in [0, 0.1) is 13.8 Å². The van der Waals surface area contributed by atoms with E-state index in [2.05, 4.69) is 15.0 Å². The smallest absolute Gasteiger partial charge is 0.223 e. The van der Waals surface area contributed by atoms with Crippen LogP contribution in [0.1, 0.15) is 22.4 Å². The Morgan fingerprint density at radius 1 is 1.25 bits per heavy atom. The van der Waals surface area contributed by atoms with E-state index in [1.54, 1.807) is 6.20 Å². The lowest BCUT2D eigenvalue weighted by Gasteiger charge is -2.10. The number of pyridine rings is 1. The normalized spacial score (nSPS) is 11.4. The van der Waals surface area contributed by atoms with Crippen molar-refractivity contribution >= 4 is 40.2 Å². The van der Waals surface area contributed by atoms with Gasteiger partial charge in [0, 0.05) is 24.0 Å². The molecule has 8 heteroatoms. The predicted molar refractivity (Wildman–Crippen MR) is 95.6 cm³/mol. The Kier molecular flexibility index (Phi) is 4.62. The van der Waals surface area contributed by atoms with Crippen LogP contribution in [0.15, 0.2) is 12.4 Å². The molecule has 24 heavy (non-hydrogen) atoms. The molecular weight excluding hydrogens is 349 g/mol. The summed E-state index contributed by atoms with van der Waals surface area (Å²) in [6.45, 7) is 4.34. The van der Waals surface area contributed by atoms with Crippen molar-refractivity contribution in [2.45, 2.75) is 26.8 Å². The van der Waals surface area contributed by atoms with E-state index in [0.29, 0.717) is 29.0 Å². The summed E-state index contributed by atoms with van der Waals surface area (Å²) in [6, 6.07) is 0. The minimum Gasteiger partial charge on any atom is -0.396 e. The molecule has 0 unspecified atom stereocenters. The fourth-order valence-electron chi connectivity index (χ4n) is 2.74. The lowest BCUT2D eigenvalue weighted by atomic mass is 10.1. The number of aliphatic hydroxyl groups excluding tert-OH is 1. The average molecular weight is 366 g/mol.